The number of nitrogens with one attached hydrogen (secondary N) is 1. The van der Waals surface area contributed by atoms with Gasteiger partial charge in [0.1, 0.15) is 11.8 Å². The monoisotopic (exact) mass is 419 g/mol. The number of rotatable bonds is 6. The molecule has 3 aromatic rings. The maximum atomic E-state index is 12.4. The fraction of sp³-hybridized carbons (Fsp3) is 0.105. The number of hydrogen-bond acceptors (Lipinski definition) is 6. The third-order valence-corrected chi connectivity index (χ3v) is 4.76. The van der Waals surface area contributed by atoms with Gasteiger partial charge in [-0.25, -0.2) is 9.78 Å². The van der Waals surface area contributed by atoms with Gasteiger partial charge in [0.25, 0.3) is 0 Å². The van der Waals surface area contributed by atoms with Crippen LogP contribution in [0.15, 0.2) is 48.0 Å². The zero-order chi connectivity index (χ0) is 21.2. The first-order valence-electron chi connectivity index (χ1n) is 8.01. The molecule has 10 heteroatoms. The Morgan fingerprint density at radius 2 is 2.03 bits per heavy atom. The van der Waals surface area contributed by atoms with E-state index in [1.54, 1.807) is 11.6 Å². The van der Waals surface area contributed by atoms with Gasteiger partial charge in [0.2, 0.25) is 0 Å². The van der Waals surface area contributed by atoms with Crippen molar-refractivity contribution < 1.29 is 27.8 Å². The molecule has 0 unspecified atom stereocenters. The summed E-state index contributed by atoms with van der Waals surface area (Å²) in [6.45, 7) is 3.34. The summed E-state index contributed by atoms with van der Waals surface area (Å²) in [6.07, 6.45) is -4.79. The van der Waals surface area contributed by atoms with E-state index < -0.39 is 12.3 Å². The number of anilines is 1. The van der Waals surface area contributed by atoms with Crippen LogP contribution in [0.4, 0.5) is 18.9 Å². The molecule has 3 rings (SSSR count). The molecule has 0 atom stereocenters. The largest absolute Gasteiger partial charge is 0.573 e. The molecule has 6 nitrogen and oxygen atoms in total. The first-order valence-corrected chi connectivity index (χ1v) is 8.89. The molecule has 2 N–H and O–H groups in total. The Hall–Kier alpha value is -3.58. The van der Waals surface area contributed by atoms with Crippen molar-refractivity contribution in [3.8, 4) is 22.9 Å². The molecule has 0 amide bonds. The van der Waals surface area contributed by atoms with E-state index in [-0.39, 0.29) is 17.9 Å². The van der Waals surface area contributed by atoms with Gasteiger partial charge in [-0.1, -0.05) is 18.7 Å². The Labute approximate surface area is 166 Å². The first-order chi connectivity index (χ1) is 13.7. The molecule has 1 aromatic heterocycles. The van der Waals surface area contributed by atoms with Gasteiger partial charge in [-0.3, -0.25) is 0 Å². The predicted molar refractivity (Wildman–Crippen MR) is 102 cm³/mol. The number of benzene rings is 2. The van der Waals surface area contributed by atoms with Gasteiger partial charge in [0.15, 0.2) is 0 Å². The summed E-state index contributed by atoms with van der Waals surface area (Å²) in [4.78, 5) is 15.2. The van der Waals surface area contributed by atoms with Gasteiger partial charge >= 0.3 is 12.3 Å². The SMILES string of the molecule is C=C(CNc1cc(-c2ccc(OC(F)(F)F)cc2)c2ncsc2c1C#N)C(=O)O. The summed E-state index contributed by atoms with van der Waals surface area (Å²) >= 11 is 1.23. The van der Waals surface area contributed by atoms with E-state index >= 15 is 0 Å². The summed E-state index contributed by atoms with van der Waals surface area (Å²) in [5, 5.41) is 21.4. The highest BCUT2D eigenvalue weighted by molar-refractivity contribution is 7.17. The smallest absolute Gasteiger partial charge is 0.478 e. The third-order valence-electron chi connectivity index (χ3n) is 3.91. The molecule has 29 heavy (non-hydrogen) atoms. The molecular formula is C19H12F3N3O3S. The number of aliphatic carboxylic acids is 1. The molecule has 0 saturated carbocycles. The van der Waals surface area contributed by atoms with E-state index in [1.165, 1.54) is 35.6 Å². The van der Waals surface area contributed by atoms with Crippen molar-refractivity contribution in [2.45, 2.75) is 6.36 Å². The number of alkyl halides is 3. The number of carbonyl (C=O) groups is 1. The fourth-order valence-corrected chi connectivity index (χ4v) is 3.42. The van der Waals surface area contributed by atoms with Gasteiger partial charge in [-0.05, 0) is 23.8 Å². The molecule has 1 heterocycles. The van der Waals surface area contributed by atoms with Crippen LogP contribution in [-0.4, -0.2) is 29.0 Å². The Kier molecular flexibility index (Phi) is 5.43. The minimum atomic E-state index is -4.79. The summed E-state index contributed by atoms with van der Waals surface area (Å²) in [5.74, 6) is -1.53. The number of carboxylic acid groups (broad SMARTS) is 1. The van der Waals surface area contributed by atoms with Gasteiger partial charge in [-0.15, -0.1) is 24.5 Å². The van der Waals surface area contributed by atoms with Gasteiger partial charge in [-0.2, -0.15) is 5.26 Å². The number of thiazole rings is 1. The van der Waals surface area contributed by atoms with Gasteiger partial charge in [0, 0.05) is 17.7 Å². The van der Waals surface area contributed by atoms with Crippen molar-refractivity contribution in [3.63, 3.8) is 0 Å². The second-order valence-corrected chi connectivity index (χ2v) is 6.68. The molecular weight excluding hydrogens is 407 g/mol. The molecule has 0 aliphatic carbocycles. The second kappa shape index (κ2) is 7.81. The van der Waals surface area contributed by atoms with E-state index in [2.05, 4.69) is 27.7 Å². The molecule has 0 bridgehead atoms. The molecule has 148 valence electrons. The lowest BCUT2D eigenvalue weighted by atomic mass is 10.0. The number of carboxylic acids is 1. The van der Waals surface area contributed by atoms with Gasteiger partial charge < -0.3 is 15.2 Å². The molecule has 2 aromatic carbocycles. The summed E-state index contributed by atoms with van der Waals surface area (Å²) in [7, 11) is 0. The predicted octanol–water partition coefficient (Wildman–Crippen LogP) is 4.79. The Morgan fingerprint density at radius 1 is 1.34 bits per heavy atom. The second-order valence-electron chi connectivity index (χ2n) is 5.82. The van der Waals surface area contributed by atoms with E-state index in [0.29, 0.717) is 32.6 Å². The lowest BCUT2D eigenvalue weighted by Gasteiger charge is -2.13. The van der Waals surface area contributed by atoms with Crippen LogP contribution >= 0.6 is 11.3 Å². The average Bonchev–Trinajstić information content (AvgIpc) is 3.14. The average molecular weight is 419 g/mol. The van der Waals surface area contributed by atoms with Crippen LogP contribution in [0.2, 0.25) is 0 Å². The normalized spacial score (nSPS) is 11.1. The van der Waals surface area contributed by atoms with Crippen molar-refractivity contribution in [1.29, 1.82) is 5.26 Å². The molecule has 0 spiro atoms. The lowest BCUT2D eigenvalue weighted by Crippen LogP contribution is -2.16. The standard InChI is InChI=1S/C19H12F3N3O3S/c1-10(18(26)27)8-24-15-6-13(16-17(14(15)7-23)29-9-25-16)11-2-4-12(5-3-11)28-19(20,21)22/h2-6,9,24H,1,8H2,(H,26,27). The number of aromatic nitrogens is 1. The zero-order valence-electron chi connectivity index (χ0n) is 14.6. The number of halogens is 3. The van der Waals surface area contributed by atoms with Crippen LogP contribution < -0.4 is 10.1 Å². The summed E-state index contributed by atoms with van der Waals surface area (Å²) in [5.41, 5.74) is 3.77. The topological polar surface area (TPSA) is 95.2 Å². The van der Waals surface area contributed by atoms with E-state index in [0.717, 1.165) is 0 Å². The Morgan fingerprint density at radius 3 is 2.62 bits per heavy atom. The van der Waals surface area contributed by atoms with Crippen molar-refractivity contribution in [2.24, 2.45) is 0 Å². The molecule has 0 aliphatic heterocycles. The van der Waals surface area contributed by atoms with E-state index in [4.69, 9.17) is 5.11 Å². The number of ether oxygens (including phenoxy) is 1. The maximum absolute atomic E-state index is 12.4. The number of nitrogens with zero attached hydrogens (tertiary/aromatic N) is 2. The highest BCUT2D eigenvalue weighted by atomic mass is 32.1. The molecule has 0 aliphatic rings. The minimum Gasteiger partial charge on any atom is -0.478 e. The third kappa shape index (κ3) is 4.47. The van der Waals surface area contributed by atoms with Crippen LogP contribution in [-0.2, 0) is 4.79 Å². The van der Waals surface area contributed by atoms with Crippen molar-refractivity contribution in [3.05, 3.63) is 53.6 Å². The van der Waals surface area contributed by atoms with Crippen molar-refractivity contribution in [1.82, 2.24) is 4.98 Å². The van der Waals surface area contributed by atoms with Crippen LogP contribution in [0.5, 0.6) is 5.75 Å². The quantitative estimate of drug-likeness (QED) is 0.558. The highest BCUT2D eigenvalue weighted by Gasteiger charge is 2.31. The lowest BCUT2D eigenvalue weighted by molar-refractivity contribution is -0.274. The van der Waals surface area contributed by atoms with Crippen LogP contribution in [0.3, 0.4) is 0 Å². The Bertz CT molecular complexity index is 1130. The number of nitriles is 1. The van der Waals surface area contributed by atoms with Crippen LogP contribution in [0.1, 0.15) is 5.56 Å². The summed E-state index contributed by atoms with van der Waals surface area (Å²) < 4.78 is 41.5. The highest BCUT2D eigenvalue weighted by Crippen LogP contribution is 2.37. The van der Waals surface area contributed by atoms with Crippen LogP contribution in [0, 0.1) is 11.3 Å². The van der Waals surface area contributed by atoms with Gasteiger partial charge in [0.05, 0.1) is 27.0 Å². The summed E-state index contributed by atoms with van der Waals surface area (Å²) in [6, 6.07) is 8.93. The number of hydrogen-bond donors (Lipinski definition) is 2. The Balaban J connectivity index is 2.04. The zero-order valence-corrected chi connectivity index (χ0v) is 15.4. The molecule has 0 saturated heterocycles. The fourth-order valence-electron chi connectivity index (χ4n) is 2.61. The molecule has 0 fully saturated rings. The molecule has 0 radical (unpaired) electrons. The van der Waals surface area contributed by atoms with Crippen molar-refractivity contribution in [2.75, 3.05) is 11.9 Å². The van der Waals surface area contributed by atoms with Crippen molar-refractivity contribution >= 4 is 33.2 Å². The maximum Gasteiger partial charge on any atom is 0.573 e. The van der Waals surface area contributed by atoms with E-state index in [1.807, 2.05) is 0 Å². The minimum absolute atomic E-state index is 0.0894. The van der Waals surface area contributed by atoms with E-state index in [9.17, 15) is 23.2 Å². The number of fused-ring (bicyclic) bond motifs is 1. The first kappa shape index (κ1) is 20.2. The van der Waals surface area contributed by atoms with Crippen LogP contribution in [0.25, 0.3) is 21.3 Å².